The first-order chi connectivity index (χ1) is 12.5. The Hall–Kier alpha value is -2.47. The summed E-state index contributed by atoms with van der Waals surface area (Å²) in [5.74, 6) is -2.18. The number of piperidine rings is 1. The zero-order valence-corrected chi connectivity index (χ0v) is 14.6. The molecule has 0 aromatic heterocycles. The minimum Gasteiger partial charge on any atom is -0.349 e. The lowest BCUT2D eigenvalue weighted by molar-refractivity contribution is 0.0693. The van der Waals surface area contributed by atoms with Gasteiger partial charge in [0.25, 0.3) is 11.8 Å². The highest BCUT2D eigenvalue weighted by atomic mass is 35.5. The molecule has 0 aliphatic carbocycles. The van der Waals surface area contributed by atoms with Gasteiger partial charge in [-0.15, -0.1) is 0 Å². The van der Waals surface area contributed by atoms with E-state index in [1.54, 1.807) is 11.0 Å². The van der Waals surface area contributed by atoms with Crippen LogP contribution in [0.15, 0.2) is 42.5 Å². The summed E-state index contributed by atoms with van der Waals surface area (Å²) in [5, 5.41) is 2.80. The molecule has 0 unspecified atom stereocenters. The standard InChI is InChI=1S/C19H17ClF2N2O2/c20-14-5-3-7-16(22)17(14)18(25)23-12-8-10-24(11-9-12)19(26)13-4-1-2-6-15(13)21/h1-7,12H,8-11H2,(H,23,25). The Balaban J connectivity index is 1.60. The second kappa shape index (κ2) is 7.83. The van der Waals surface area contributed by atoms with Crippen LogP contribution in [-0.2, 0) is 0 Å². The van der Waals surface area contributed by atoms with Gasteiger partial charge in [-0.3, -0.25) is 9.59 Å². The number of benzene rings is 2. The van der Waals surface area contributed by atoms with Crippen LogP contribution in [0.5, 0.6) is 0 Å². The molecular weight excluding hydrogens is 362 g/mol. The molecule has 1 aliphatic heterocycles. The number of hydrogen-bond acceptors (Lipinski definition) is 2. The molecule has 2 aromatic carbocycles. The maximum absolute atomic E-state index is 13.8. The van der Waals surface area contributed by atoms with Gasteiger partial charge in [-0.25, -0.2) is 8.78 Å². The van der Waals surface area contributed by atoms with Gasteiger partial charge in [0.15, 0.2) is 0 Å². The highest BCUT2D eigenvalue weighted by molar-refractivity contribution is 6.33. The summed E-state index contributed by atoms with van der Waals surface area (Å²) >= 11 is 5.90. The van der Waals surface area contributed by atoms with Crippen LogP contribution in [0.3, 0.4) is 0 Å². The van der Waals surface area contributed by atoms with E-state index < -0.39 is 17.5 Å². The molecule has 136 valence electrons. The van der Waals surface area contributed by atoms with Gasteiger partial charge in [0.2, 0.25) is 0 Å². The molecule has 1 heterocycles. The lowest BCUT2D eigenvalue weighted by atomic mass is 10.0. The first kappa shape index (κ1) is 18.3. The predicted octanol–water partition coefficient (Wildman–Crippen LogP) is 3.65. The Morgan fingerprint density at radius 3 is 2.31 bits per heavy atom. The van der Waals surface area contributed by atoms with E-state index in [0.29, 0.717) is 25.9 Å². The van der Waals surface area contributed by atoms with Crippen LogP contribution in [0.25, 0.3) is 0 Å². The van der Waals surface area contributed by atoms with Gasteiger partial charge >= 0.3 is 0 Å². The summed E-state index contributed by atoms with van der Waals surface area (Å²) in [7, 11) is 0. The van der Waals surface area contributed by atoms with Crippen molar-refractivity contribution in [1.29, 1.82) is 0 Å². The molecule has 2 aromatic rings. The van der Waals surface area contributed by atoms with Crippen molar-refractivity contribution >= 4 is 23.4 Å². The van der Waals surface area contributed by atoms with E-state index in [2.05, 4.69) is 5.32 Å². The van der Waals surface area contributed by atoms with Crippen LogP contribution < -0.4 is 5.32 Å². The molecule has 0 spiro atoms. The van der Waals surface area contributed by atoms with Gasteiger partial charge in [-0.05, 0) is 37.1 Å². The second-order valence-electron chi connectivity index (χ2n) is 6.12. The lowest BCUT2D eigenvalue weighted by Crippen LogP contribution is -2.46. The van der Waals surface area contributed by atoms with E-state index in [9.17, 15) is 18.4 Å². The van der Waals surface area contributed by atoms with Crippen LogP contribution in [0.4, 0.5) is 8.78 Å². The van der Waals surface area contributed by atoms with Crippen molar-refractivity contribution < 1.29 is 18.4 Å². The van der Waals surface area contributed by atoms with E-state index in [4.69, 9.17) is 11.6 Å². The van der Waals surface area contributed by atoms with Crippen molar-refractivity contribution in [3.8, 4) is 0 Å². The molecule has 4 nitrogen and oxygen atoms in total. The molecule has 1 aliphatic rings. The first-order valence-electron chi connectivity index (χ1n) is 8.26. The maximum atomic E-state index is 13.8. The Morgan fingerprint density at radius 1 is 1.00 bits per heavy atom. The molecule has 0 radical (unpaired) electrons. The molecule has 0 atom stereocenters. The molecule has 0 bridgehead atoms. The number of amides is 2. The molecular formula is C19H17ClF2N2O2. The van der Waals surface area contributed by atoms with Crippen LogP contribution in [-0.4, -0.2) is 35.8 Å². The number of carbonyl (C=O) groups is 2. The van der Waals surface area contributed by atoms with Crippen LogP contribution >= 0.6 is 11.6 Å². The molecule has 2 amide bonds. The van der Waals surface area contributed by atoms with E-state index in [-0.39, 0.29) is 28.1 Å². The first-order valence-corrected chi connectivity index (χ1v) is 8.64. The summed E-state index contributed by atoms with van der Waals surface area (Å²) in [5.41, 5.74) is -0.146. The summed E-state index contributed by atoms with van der Waals surface area (Å²) < 4.78 is 27.6. The van der Waals surface area contributed by atoms with E-state index >= 15 is 0 Å². The third-order valence-corrected chi connectivity index (χ3v) is 4.73. The van der Waals surface area contributed by atoms with Gasteiger partial charge < -0.3 is 10.2 Å². The fraction of sp³-hybridized carbons (Fsp3) is 0.263. The number of hydrogen-bond donors (Lipinski definition) is 1. The highest BCUT2D eigenvalue weighted by Gasteiger charge is 2.27. The van der Waals surface area contributed by atoms with Crippen molar-refractivity contribution in [2.45, 2.75) is 18.9 Å². The van der Waals surface area contributed by atoms with Crippen LogP contribution in [0.2, 0.25) is 5.02 Å². The van der Waals surface area contributed by atoms with E-state index in [1.165, 1.54) is 36.4 Å². The fourth-order valence-corrected chi connectivity index (χ4v) is 3.25. The van der Waals surface area contributed by atoms with Crippen LogP contribution in [0.1, 0.15) is 33.6 Å². The SMILES string of the molecule is O=C(NC1CCN(C(=O)c2ccccc2F)CC1)c1c(F)cccc1Cl. The normalized spacial score (nSPS) is 15.0. The molecule has 1 fully saturated rings. The average molecular weight is 379 g/mol. The molecule has 1 saturated heterocycles. The van der Waals surface area contributed by atoms with Crippen molar-refractivity contribution in [2.24, 2.45) is 0 Å². The number of halogens is 3. The van der Waals surface area contributed by atoms with Crippen molar-refractivity contribution in [3.05, 3.63) is 70.2 Å². The summed E-state index contributed by atoms with van der Waals surface area (Å²) in [6.45, 7) is 0.756. The highest BCUT2D eigenvalue weighted by Crippen LogP contribution is 2.20. The monoisotopic (exact) mass is 378 g/mol. The quantitative estimate of drug-likeness (QED) is 0.886. The summed E-state index contributed by atoms with van der Waals surface area (Å²) in [6.07, 6.45) is 0.996. The van der Waals surface area contributed by atoms with E-state index in [1.807, 2.05) is 0 Å². The number of nitrogens with zero attached hydrogens (tertiary/aromatic N) is 1. The largest absolute Gasteiger partial charge is 0.349 e. The second-order valence-corrected chi connectivity index (χ2v) is 6.52. The van der Waals surface area contributed by atoms with E-state index in [0.717, 1.165) is 0 Å². The lowest BCUT2D eigenvalue weighted by Gasteiger charge is -2.32. The maximum Gasteiger partial charge on any atom is 0.256 e. The zero-order valence-electron chi connectivity index (χ0n) is 13.8. The van der Waals surface area contributed by atoms with Gasteiger partial charge in [0, 0.05) is 19.1 Å². The molecule has 1 N–H and O–H groups in total. The minimum atomic E-state index is -0.679. The number of nitrogens with one attached hydrogen (secondary N) is 1. The third-order valence-electron chi connectivity index (χ3n) is 4.41. The predicted molar refractivity (Wildman–Crippen MR) is 94.2 cm³/mol. The smallest absolute Gasteiger partial charge is 0.256 e. The Bertz CT molecular complexity index is 816. The molecule has 26 heavy (non-hydrogen) atoms. The molecule has 3 rings (SSSR count). The third kappa shape index (κ3) is 3.85. The summed E-state index contributed by atoms with van der Waals surface area (Å²) in [4.78, 5) is 26.2. The number of carbonyl (C=O) groups excluding carboxylic acids is 2. The van der Waals surface area contributed by atoms with Gasteiger partial charge in [-0.2, -0.15) is 0 Å². The fourth-order valence-electron chi connectivity index (χ4n) is 3.00. The number of rotatable bonds is 3. The molecule has 7 heteroatoms. The topological polar surface area (TPSA) is 49.4 Å². The van der Waals surface area contributed by atoms with Crippen molar-refractivity contribution in [2.75, 3.05) is 13.1 Å². The van der Waals surface area contributed by atoms with Gasteiger partial charge in [0.05, 0.1) is 16.1 Å². The Labute approximate surface area is 154 Å². The Kier molecular flexibility index (Phi) is 5.52. The number of likely N-dealkylation sites (tertiary alicyclic amines) is 1. The van der Waals surface area contributed by atoms with Crippen molar-refractivity contribution in [3.63, 3.8) is 0 Å². The van der Waals surface area contributed by atoms with Gasteiger partial charge in [0.1, 0.15) is 11.6 Å². The zero-order chi connectivity index (χ0) is 18.7. The Morgan fingerprint density at radius 2 is 1.65 bits per heavy atom. The summed E-state index contributed by atoms with van der Waals surface area (Å²) in [6, 6.07) is 9.70. The molecule has 0 saturated carbocycles. The van der Waals surface area contributed by atoms with Gasteiger partial charge in [-0.1, -0.05) is 29.8 Å². The van der Waals surface area contributed by atoms with Crippen LogP contribution in [0, 0.1) is 11.6 Å². The average Bonchev–Trinajstić information content (AvgIpc) is 2.62. The van der Waals surface area contributed by atoms with Crippen molar-refractivity contribution in [1.82, 2.24) is 10.2 Å². The minimum absolute atomic E-state index is 0.0353.